The first-order valence-electron chi connectivity index (χ1n) is 11.6. The second-order valence-corrected chi connectivity index (χ2v) is 9.05. The van der Waals surface area contributed by atoms with E-state index in [4.69, 9.17) is 0 Å². The quantitative estimate of drug-likeness (QED) is 0.620. The minimum absolute atomic E-state index is 0.0950. The third-order valence-electron chi connectivity index (χ3n) is 6.93. The minimum Gasteiger partial charge on any atom is -0.369 e. The Bertz CT molecular complexity index is 1000. The molecule has 0 radical (unpaired) electrons. The van der Waals surface area contributed by atoms with Crippen LogP contribution in [0.4, 0.5) is 5.69 Å². The molecule has 6 heteroatoms. The topological polar surface area (TPSA) is 50.1 Å². The monoisotopic (exact) mass is 416 g/mol. The lowest BCUT2D eigenvalue weighted by molar-refractivity contribution is 0.197. The predicted octanol–water partition coefficient (Wildman–Crippen LogP) is 4.32. The average Bonchev–Trinajstić information content (AvgIpc) is 3.49. The van der Waals surface area contributed by atoms with E-state index in [0.29, 0.717) is 6.04 Å². The van der Waals surface area contributed by atoms with Gasteiger partial charge < -0.3 is 4.90 Å². The van der Waals surface area contributed by atoms with Gasteiger partial charge >= 0.3 is 0 Å². The lowest BCUT2D eigenvalue weighted by Gasteiger charge is -2.40. The molecule has 162 valence electrons. The zero-order chi connectivity index (χ0) is 21.2. The Morgan fingerprint density at radius 2 is 1.65 bits per heavy atom. The molecule has 2 heterocycles. The number of hydrogen-bond acceptors (Lipinski definition) is 5. The van der Waals surface area contributed by atoms with Crippen molar-refractivity contribution in [2.24, 2.45) is 0 Å². The molecule has 1 aliphatic carbocycles. The van der Waals surface area contributed by atoms with Crippen LogP contribution in [0.15, 0.2) is 48.5 Å². The summed E-state index contributed by atoms with van der Waals surface area (Å²) in [6.07, 6.45) is 4.91. The summed E-state index contributed by atoms with van der Waals surface area (Å²) >= 11 is 0. The van der Waals surface area contributed by atoms with Crippen LogP contribution in [-0.2, 0) is 0 Å². The molecule has 1 aromatic heterocycles. The van der Waals surface area contributed by atoms with Gasteiger partial charge in [-0.25, -0.2) is 4.68 Å². The van der Waals surface area contributed by atoms with Crippen molar-refractivity contribution in [1.82, 2.24) is 25.1 Å². The van der Waals surface area contributed by atoms with Crippen molar-refractivity contribution < 1.29 is 0 Å². The molecule has 6 nitrogen and oxygen atoms in total. The molecule has 0 bridgehead atoms. The lowest BCUT2D eigenvalue weighted by Crippen LogP contribution is -2.48. The van der Waals surface area contributed by atoms with E-state index in [1.165, 1.54) is 48.1 Å². The highest BCUT2D eigenvalue weighted by molar-refractivity contribution is 5.55. The van der Waals surface area contributed by atoms with Crippen molar-refractivity contribution >= 4 is 5.69 Å². The van der Waals surface area contributed by atoms with Crippen LogP contribution in [0.25, 0.3) is 0 Å². The normalized spacial score (nSPS) is 19.1. The van der Waals surface area contributed by atoms with Crippen LogP contribution in [0.5, 0.6) is 0 Å². The van der Waals surface area contributed by atoms with E-state index in [0.717, 1.165) is 32.0 Å². The number of piperazine rings is 1. The van der Waals surface area contributed by atoms with Crippen molar-refractivity contribution in [3.05, 3.63) is 71.0 Å². The van der Waals surface area contributed by atoms with E-state index in [-0.39, 0.29) is 6.04 Å². The summed E-state index contributed by atoms with van der Waals surface area (Å²) in [6.45, 7) is 8.39. The average molecular weight is 417 g/mol. The third-order valence-corrected chi connectivity index (χ3v) is 6.93. The Hall–Kier alpha value is -2.73. The molecule has 0 N–H and O–H groups in total. The summed E-state index contributed by atoms with van der Waals surface area (Å²) in [5.41, 5.74) is 5.31. The van der Waals surface area contributed by atoms with E-state index >= 15 is 0 Å². The van der Waals surface area contributed by atoms with Gasteiger partial charge in [0, 0.05) is 31.9 Å². The summed E-state index contributed by atoms with van der Waals surface area (Å²) in [4.78, 5) is 5.09. The first-order valence-corrected chi connectivity index (χ1v) is 11.6. The number of hydrogen-bond donors (Lipinski definition) is 0. The van der Waals surface area contributed by atoms with Gasteiger partial charge in [-0.3, -0.25) is 4.90 Å². The van der Waals surface area contributed by atoms with Gasteiger partial charge in [0.25, 0.3) is 0 Å². The standard InChI is InChI=1S/C25H32N6/c1-19-12-13-20(2)23(18-19)29-14-16-30(17-15-29)24(21-8-4-3-5-9-21)25-26-27-28-31(25)22-10-6-7-11-22/h3-5,8-9,12-13,18,22,24H,6-7,10-11,14-17H2,1-2H3/t24-/m1/s1. The highest BCUT2D eigenvalue weighted by atomic mass is 15.6. The zero-order valence-electron chi connectivity index (χ0n) is 18.6. The van der Waals surface area contributed by atoms with Crippen LogP contribution >= 0.6 is 0 Å². The molecule has 31 heavy (non-hydrogen) atoms. The Labute approximate surface area is 184 Å². The van der Waals surface area contributed by atoms with Crippen molar-refractivity contribution in [3.63, 3.8) is 0 Å². The third kappa shape index (κ3) is 4.09. The lowest BCUT2D eigenvalue weighted by atomic mass is 10.0. The van der Waals surface area contributed by atoms with Crippen molar-refractivity contribution in [3.8, 4) is 0 Å². The van der Waals surface area contributed by atoms with E-state index in [1.807, 2.05) is 0 Å². The van der Waals surface area contributed by atoms with Gasteiger partial charge in [-0.15, -0.1) is 5.10 Å². The Morgan fingerprint density at radius 1 is 0.903 bits per heavy atom. The summed E-state index contributed by atoms with van der Waals surface area (Å²) < 4.78 is 2.13. The molecule has 0 unspecified atom stereocenters. The van der Waals surface area contributed by atoms with Crippen LogP contribution in [0.2, 0.25) is 0 Å². The summed E-state index contributed by atoms with van der Waals surface area (Å²) in [7, 11) is 0. The van der Waals surface area contributed by atoms with Crippen LogP contribution in [0.3, 0.4) is 0 Å². The second kappa shape index (κ2) is 8.79. The maximum Gasteiger partial charge on any atom is 0.173 e. The zero-order valence-corrected chi connectivity index (χ0v) is 18.6. The highest BCUT2D eigenvalue weighted by Crippen LogP contribution is 2.35. The molecule has 0 spiro atoms. The summed E-state index contributed by atoms with van der Waals surface area (Å²) in [5.74, 6) is 0.998. The molecule has 3 aromatic rings. The SMILES string of the molecule is Cc1ccc(C)c(N2CCN([C@H](c3ccccc3)c3nnnn3C3CCCC3)CC2)c1. The first-order chi connectivity index (χ1) is 15.2. The maximum absolute atomic E-state index is 4.56. The first kappa shape index (κ1) is 20.2. The molecule has 0 amide bonds. The second-order valence-electron chi connectivity index (χ2n) is 9.05. The number of aryl methyl sites for hydroxylation is 2. The molecule has 1 saturated heterocycles. The van der Waals surface area contributed by atoms with Gasteiger partial charge in [-0.2, -0.15) is 0 Å². The van der Waals surface area contributed by atoms with Crippen molar-refractivity contribution in [2.75, 3.05) is 31.1 Å². The molecule has 2 aliphatic rings. The van der Waals surface area contributed by atoms with E-state index in [2.05, 4.69) is 92.4 Å². The van der Waals surface area contributed by atoms with Gasteiger partial charge in [-0.1, -0.05) is 55.3 Å². The molecule has 1 aliphatic heterocycles. The highest BCUT2D eigenvalue weighted by Gasteiger charge is 2.33. The molecule has 2 fully saturated rings. The molecular weight excluding hydrogens is 384 g/mol. The van der Waals surface area contributed by atoms with Crippen LogP contribution in [0.1, 0.15) is 60.3 Å². The number of nitrogens with zero attached hydrogens (tertiary/aromatic N) is 6. The Morgan fingerprint density at radius 3 is 2.39 bits per heavy atom. The number of rotatable bonds is 5. The van der Waals surface area contributed by atoms with E-state index in [9.17, 15) is 0 Å². The molecule has 2 aromatic carbocycles. The number of aromatic nitrogens is 4. The molecule has 1 saturated carbocycles. The molecule has 5 rings (SSSR count). The Kier molecular flexibility index (Phi) is 5.72. The summed E-state index contributed by atoms with van der Waals surface area (Å²) in [6, 6.07) is 18.1. The fourth-order valence-electron chi connectivity index (χ4n) is 5.23. The van der Waals surface area contributed by atoms with Gasteiger partial charge in [0.1, 0.15) is 0 Å². The van der Waals surface area contributed by atoms with Gasteiger partial charge in [0.2, 0.25) is 0 Å². The number of tetrazole rings is 1. The van der Waals surface area contributed by atoms with E-state index in [1.54, 1.807) is 0 Å². The minimum atomic E-state index is 0.0950. The smallest absolute Gasteiger partial charge is 0.173 e. The van der Waals surface area contributed by atoms with E-state index < -0.39 is 0 Å². The molecular formula is C25H32N6. The van der Waals surface area contributed by atoms with Crippen molar-refractivity contribution in [1.29, 1.82) is 0 Å². The van der Waals surface area contributed by atoms with Gasteiger partial charge in [0.15, 0.2) is 5.82 Å². The predicted molar refractivity (Wildman–Crippen MR) is 123 cm³/mol. The Balaban J connectivity index is 1.42. The number of benzene rings is 2. The van der Waals surface area contributed by atoms with Crippen LogP contribution in [0, 0.1) is 13.8 Å². The van der Waals surface area contributed by atoms with Gasteiger partial charge in [0.05, 0.1) is 12.1 Å². The van der Waals surface area contributed by atoms with Crippen LogP contribution < -0.4 is 4.90 Å². The van der Waals surface area contributed by atoms with Crippen molar-refractivity contribution in [2.45, 2.75) is 51.6 Å². The fraction of sp³-hybridized carbons (Fsp3) is 0.480. The largest absolute Gasteiger partial charge is 0.369 e. The summed E-state index contributed by atoms with van der Waals surface area (Å²) in [5, 5.41) is 13.1. The number of anilines is 1. The fourth-order valence-corrected chi connectivity index (χ4v) is 5.23. The van der Waals surface area contributed by atoms with Gasteiger partial charge in [-0.05, 0) is 59.9 Å². The molecule has 1 atom stereocenters. The maximum atomic E-state index is 4.56. The van der Waals surface area contributed by atoms with Crippen LogP contribution in [-0.4, -0.2) is 51.3 Å².